The number of nitrogens with zero attached hydrogens (tertiary/aromatic N) is 1. The molecule has 80 heavy (non-hydrogen) atoms. The Bertz CT molecular complexity index is 2780. The van der Waals surface area contributed by atoms with Gasteiger partial charge in [-0.2, -0.15) is 0 Å². The molecule has 8 rings (SSSR count). The fourth-order valence-electron chi connectivity index (χ4n) is 9.63. The first kappa shape index (κ1) is 58.9. The normalized spacial score (nSPS) is 22.6. The molecule has 16 heteroatoms. The third-order valence-electron chi connectivity index (χ3n) is 13.6. The summed E-state index contributed by atoms with van der Waals surface area (Å²) in [6, 6.07) is 55.6. The van der Waals surface area contributed by atoms with Crippen LogP contribution in [0.1, 0.15) is 78.2 Å². The maximum absolute atomic E-state index is 14.4. The maximum atomic E-state index is 14.4. The minimum absolute atomic E-state index is 0.0178. The van der Waals surface area contributed by atoms with Gasteiger partial charge in [-0.25, -0.2) is 9.59 Å². The molecule has 2 aliphatic heterocycles. The monoisotopic (exact) mass is 1090 g/mol. The summed E-state index contributed by atoms with van der Waals surface area (Å²) < 4.78 is 65.3. The number of carbonyl (C=O) groups is 4. The van der Waals surface area contributed by atoms with E-state index >= 15 is 0 Å². The second-order valence-corrected chi connectivity index (χ2v) is 19.8. The van der Waals surface area contributed by atoms with E-state index in [2.05, 4.69) is 5.32 Å². The zero-order valence-corrected chi connectivity index (χ0v) is 45.5. The molecule has 10 atom stereocenters. The lowest BCUT2D eigenvalue weighted by Gasteiger charge is -2.49. The van der Waals surface area contributed by atoms with Crippen molar-refractivity contribution in [3.05, 3.63) is 215 Å². The Hall–Kier alpha value is -7.28. The lowest BCUT2D eigenvalue weighted by Crippen LogP contribution is -2.68. The van der Waals surface area contributed by atoms with Crippen molar-refractivity contribution in [2.45, 2.75) is 134 Å². The minimum atomic E-state index is -1.46. The van der Waals surface area contributed by atoms with Crippen LogP contribution in [0.25, 0.3) is 0 Å². The molecule has 6 aromatic carbocycles. The van der Waals surface area contributed by atoms with E-state index in [-0.39, 0.29) is 45.2 Å². The van der Waals surface area contributed by atoms with E-state index in [0.717, 1.165) is 27.8 Å². The van der Waals surface area contributed by atoms with E-state index in [1.54, 1.807) is 42.2 Å². The number of nitrogens with one attached hydrogen (secondary N) is 1. The standard InChI is InChI=1S/C64H72N2O14/c1-45-56(77-47(3)68)58(55(65-46(2)67)62(76-45)72-38-24-10-23-37-66(39-48-25-11-4-12-26-48)64(70)75-43-52-33-19-8-20-34-52)80-63-60(79-61(69)53-35-21-9-22-36-53)59(74-42-51-31-17-7-18-32-51)57(73-41-50-29-15-6-16-30-50)54(78-63)44-71-40-49-27-13-5-14-28-49/h4-9,11-22,25-36,45,54-60,62-63H,10,23-24,37-44H2,1-3H3,(H,65,67)/t45-,54-,55-,56+,57-,58-,59+,60-,62+,63+/m1/s1. The van der Waals surface area contributed by atoms with Crippen LogP contribution < -0.4 is 5.32 Å². The second-order valence-electron chi connectivity index (χ2n) is 19.8. The van der Waals surface area contributed by atoms with Gasteiger partial charge in [-0.15, -0.1) is 0 Å². The smallest absolute Gasteiger partial charge is 0.410 e. The molecule has 0 aromatic heterocycles. The summed E-state index contributed by atoms with van der Waals surface area (Å²) in [5.74, 6) is -1.77. The Kier molecular flexibility index (Phi) is 22.7. The highest BCUT2D eigenvalue weighted by atomic mass is 16.8. The number of esters is 2. The van der Waals surface area contributed by atoms with Gasteiger partial charge < -0.3 is 57.6 Å². The molecule has 0 aliphatic carbocycles. The van der Waals surface area contributed by atoms with Gasteiger partial charge in [0.25, 0.3) is 0 Å². The fourth-order valence-corrected chi connectivity index (χ4v) is 9.63. The van der Waals surface area contributed by atoms with Crippen molar-refractivity contribution in [1.29, 1.82) is 0 Å². The van der Waals surface area contributed by atoms with Gasteiger partial charge in [0.1, 0.15) is 37.1 Å². The van der Waals surface area contributed by atoms with Gasteiger partial charge in [-0.3, -0.25) is 9.59 Å². The molecular formula is C64H72N2O14. The molecule has 1 N–H and O–H groups in total. The highest BCUT2D eigenvalue weighted by Gasteiger charge is 2.55. The van der Waals surface area contributed by atoms with E-state index in [9.17, 15) is 19.2 Å². The molecule has 422 valence electrons. The predicted octanol–water partition coefficient (Wildman–Crippen LogP) is 9.92. The first-order chi connectivity index (χ1) is 39.1. The van der Waals surface area contributed by atoms with Gasteiger partial charge in [-0.05, 0) is 66.1 Å². The first-order valence-electron chi connectivity index (χ1n) is 27.3. The zero-order chi connectivity index (χ0) is 55.9. The van der Waals surface area contributed by atoms with E-state index in [0.29, 0.717) is 32.4 Å². The Morgan fingerprint density at radius 1 is 0.512 bits per heavy atom. The van der Waals surface area contributed by atoms with Gasteiger partial charge in [0.15, 0.2) is 24.8 Å². The molecule has 16 nitrogen and oxygen atoms in total. The third-order valence-corrected chi connectivity index (χ3v) is 13.6. The topological polar surface area (TPSA) is 176 Å². The highest BCUT2D eigenvalue weighted by molar-refractivity contribution is 5.89. The van der Waals surface area contributed by atoms with E-state index in [4.69, 9.17) is 47.4 Å². The predicted molar refractivity (Wildman–Crippen MR) is 296 cm³/mol. The summed E-state index contributed by atoms with van der Waals surface area (Å²) in [6.07, 6.45) is -8.62. The van der Waals surface area contributed by atoms with Crippen LogP contribution in [0.3, 0.4) is 0 Å². The van der Waals surface area contributed by atoms with E-state index < -0.39 is 85.3 Å². The number of hydrogen-bond acceptors (Lipinski definition) is 14. The lowest BCUT2D eigenvalue weighted by atomic mass is 9.95. The van der Waals surface area contributed by atoms with Crippen LogP contribution in [0.15, 0.2) is 182 Å². The number of hydrogen-bond donors (Lipinski definition) is 1. The molecule has 2 aliphatic rings. The Morgan fingerprint density at radius 3 is 1.60 bits per heavy atom. The molecular weight excluding hydrogens is 1020 g/mol. The average molecular weight is 1090 g/mol. The average Bonchev–Trinajstić information content (AvgIpc) is 3.51. The summed E-state index contributed by atoms with van der Waals surface area (Å²) in [6.45, 7) is 5.93. The van der Waals surface area contributed by atoms with Crippen molar-refractivity contribution >= 4 is 23.9 Å². The summed E-state index contributed by atoms with van der Waals surface area (Å²) in [4.78, 5) is 55.8. The number of amides is 2. The van der Waals surface area contributed by atoms with Crippen LogP contribution in [0.2, 0.25) is 0 Å². The third kappa shape index (κ3) is 17.9. The SMILES string of the molecule is CC(=O)N[C@H]1[C@@H](OCCCCCN(Cc2ccccc2)C(=O)OCc2ccccc2)O[C@H](C)[C@H](OC(C)=O)[C@@H]1O[C@@H]1O[C@H](COCc2ccccc2)[C@@H](OCc2ccccc2)[C@H](OCc2ccccc2)[C@H]1OC(=O)c1ccccc1. The van der Waals surface area contributed by atoms with Crippen molar-refractivity contribution in [2.75, 3.05) is 19.8 Å². The molecule has 0 radical (unpaired) electrons. The van der Waals surface area contributed by atoms with Gasteiger partial charge in [0, 0.05) is 33.5 Å². The fraction of sp³-hybridized carbons (Fsp3) is 0.375. The van der Waals surface area contributed by atoms with E-state index in [1.807, 2.05) is 152 Å². The highest BCUT2D eigenvalue weighted by Crippen LogP contribution is 2.36. The van der Waals surface area contributed by atoms with Crippen LogP contribution in [-0.2, 0) is 89.9 Å². The van der Waals surface area contributed by atoms with Crippen LogP contribution in [0, 0.1) is 0 Å². The molecule has 0 bridgehead atoms. The van der Waals surface area contributed by atoms with Gasteiger partial charge >= 0.3 is 18.0 Å². The summed E-state index contributed by atoms with van der Waals surface area (Å²) in [7, 11) is 0. The molecule has 2 saturated heterocycles. The number of benzene rings is 6. The number of unbranched alkanes of at least 4 members (excludes halogenated alkanes) is 2. The molecule has 0 unspecified atom stereocenters. The minimum Gasteiger partial charge on any atom is -0.457 e. The molecule has 2 fully saturated rings. The number of rotatable bonds is 27. The van der Waals surface area contributed by atoms with Crippen LogP contribution in [0.5, 0.6) is 0 Å². The van der Waals surface area contributed by atoms with Crippen LogP contribution >= 0.6 is 0 Å². The molecule has 0 spiro atoms. The summed E-state index contributed by atoms with van der Waals surface area (Å²) >= 11 is 0. The largest absolute Gasteiger partial charge is 0.457 e. The summed E-state index contributed by atoms with van der Waals surface area (Å²) in [5, 5.41) is 2.96. The Balaban J connectivity index is 1.06. The molecule has 2 heterocycles. The van der Waals surface area contributed by atoms with Crippen molar-refractivity contribution in [3.63, 3.8) is 0 Å². The lowest BCUT2D eigenvalue weighted by molar-refractivity contribution is -0.351. The second kappa shape index (κ2) is 30.9. The van der Waals surface area contributed by atoms with E-state index in [1.165, 1.54) is 13.8 Å². The van der Waals surface area contributed by atoms with Crippen LogP contribution in [0.4, 0.5) is 4.79 Å². The molecule has 6 aromatic rings. The number of ether oxygens (including phenoxy) is 10. The Morgan fingerprint density at radius 2 is 1.04 bits per heavy atom. The van der Waals surface area contributed by atoms with Crippen molar-refractivity contribution in [2.24, 2.45) is 0 Å². The Labute approximate surface area is 468 Å². The zero-order valence-electron chi connectivity index (χ0n) is 45.5. The van der Waals surface area contributed by atoms with Crippen LogP contribution in [-0.4, -0.2) is 110 Å². The van der Waals surface area contributed by atoms with Gasteiger partial charge in [0.05, 0.1) is 38.1 Å². The van der Waals surface area contributed by atoms with Crippen molar-refractivity contribution < 1.29 is 66.5 Å². The first-order valence-corrected chi connectivity index (χ1v) is 27.3. The van der Waals surface area contributed by atoms with Gasteiger partial charge in [0.2, 0.25) is 5.91 Å². The summed E-state index contributed by atoms with van der Waals surface area (Å²) in [5.41, 5.74) is 4.77. The molecule has 0 saturated carbocycles. The number of carbonyl (C=O) groups excluding carboxylic acids is 4. The quantitative estimate of drug-likeness (QED) is 0.0293. The van der Waals surface area contributed by atoms with Crippen molar-refractivity contribution in [3.8, 4) is 0 Å². The van der Waals surface area contributed by atoms with Crippen molar-refractivity contribution in [1.82, 2.24) is 10.2 Å². The van der Waals surface area contributed by atoms with Gasteiger partial charge in [-0.1, -0.05) is 170 Å². The molecule has 2 amide bonds. The maximum Gasteiger partial charge on any atom is 0.410 e.